The Morgan fingerprint density at radius 3 is 2.49 bits per heavy atom. The average Bonchev–Trinajstić information content (AvgIpc) is 3.65. The van der Waals surface area contributed by atoms with Crippen molar-refractivity contribution in [2.75, 3.05) is 32.6 Å². The van der Waals surface area contributed by atoms with E-state index >= 15 is 0 Å². The molecule has 0 aliphatic heterocycles. The first-order chi connectivity index (χ1) is 17.9. The predicted molar refractivity (Wildman–Crippen MR) is 148 cm³/mol. The van der Waals surface area contributed by atoms with Crippen LogP contribution in [0.1, 0.15) is 28.2 Å². The maximum Gasteiger partial charge on any atom is 0.322 e. The monoisotopic (exact) mass is 541 g/mol. The van der Waals surface area contributed by atoms with Crippen molar-refractivity contribution >= 4 is 40.6 Å². The number of amides is 3. The second kappa shape index (κ2) is 12.3. The molecule has 1 heterocycles. The Morgan fingerprint density at radius 2 is 1.84 bits per heavy atom. The fourth-order valence-corrected chi connectivity index (χ4v) is 5.21. The molecule has 196 valence electrons. The molecule has 0 unspecified atom stereocenters. The first kappa shape index (κ1) is 26.8. The van der Waals surface area contributed by atoms with Crippen molar-refractivity contribution in [3.05, 3.63) is 74.9 Å². The lowest BCUT2D eigenvalue weighted by atomic mass is 10.1. The molecule has 0 bridgehead atoms. The standard InChI is InChI=1S/C28H32ClN3O4S/c1-19-7-11-24(37-19)17-31(14-13-20-8-12-25(35-2)26(15-20)36-3)27(33)18-32(23-9-10-23)28(34)30-22-6-4-5-21(29)16-22/h4-8,11-12,15-16,23H,9-10,13-14,17-18H2,1-3H3,(H,30,34). The number of thiophene rings is 1. The number of halogens is 1. The Kier molecular flexibility index (Phi) is 8.95. The van der Waals surface area contributed by atoms with E-state index in [4.69, 9.17) is 21.1 Å². The number of methoxy groups -OCH3 is 2. The number of anilines is 1. The summed E-state index contributed by atoms with van der Waals surface area (Å²) in [5.74, 6) is 1.24. The van der Waals surface area contributed by atoms with Gasteiger partial charge < -0.3 is 24.6 Å². The zero-order chi connectivity index (χ0) is 26.4. The molecule has 7 nitrogen and oxygen atoms in total. The van der Waals surface area contributed by atoms with Crippen molar-refractivity contribution in [1.82, 2.24) is 9.80 Å². The number of hydrogen-bond acceptors (Lipinski definition) is 5. The molecular formula is C28H32ClN3O4S. The van der Waals surface area contributed by atoms with Crippen LogP contribution in [0.4, 0.5) is 10.5 Å². The molecule has 0 atom stereocenters. The average molecular weight is 542 g/mol. The van der Waals surface area contributed by atoms with Crippen molar-refractivity contribution in [1.29, 1.82) is 0 Å². The van der Waals surface area contributed by atoms with E-state index in [1.54, 1.807) is 54.7 Å². The van der Waals surface area contributed by atoms with Gasteiger partial charge in [0.25, 0.3) is 0 Å². The molecule has 1 fully saturated rings. The van der Waals surface area contributed by atoms with Crippen LogP contribution in [-0.2, 0) is 17.8 Å². The van der Waals surface area contributed by atoms with Gasteiger partial charge >= 0.3 is 6.03 Å². The van der Waals surface area contributed by atoms with Crippen LogP contribution in [-0.4, -0.2) is 55.1 Å². The fourth-order valence-electron chi connectivity index (χ4n) is 4.11. The van der Waals surface area contributed by atoms with Gasteiger partial charge in [0.2, 0.25) is 5.91 Å². The Morgan fingerprint density at radius 1 is 1.05 bits per heavy atom. The summed E-state index contributed by atoms with van der Waals surface area (Å²) in [4.78, 5) is 32.5. The molecule has 37 heavy (non-hydrogen) atoms. The Balaban J connectivity index is 1.47. The lowest BCUT2D eigenvalue weighted by Crippen LogP contribution is -2.45. The maximum absolute atomic E-state index is 13.6. The molecular weight excluding hydrogens is 510 g/mol. The summed E-state index contributed by atoms with van der Waals surface area (Å²) >= 11 is 7.75. The summed E-state index contributed by atoms with van der Waals surface area (Å²) in [7, 11) is 3.21. The van der Waals surface area contributed by atoms with Crippen LogP contribution in [0.15, 0.2) is 54.6 Å². The number of urea groups is 1. The number of ether oxygens (including phenoxy) is 2. The van der Waals surface area contributed by atoms with Crippen molar-refractivity contribution in [3.8, 4) is 11.5 Å². The van der Waals surface area contributed by atoms with Gasteiger partial charge in [-0.05, 0) is 74.2 Å². The first-order valence-electron chi connectivity index (χ1n) is 12.2. The topological polar surface area (TPSA) is 71.1 Å². The normalized spacial score (nSPS) is 12.6. The highest BCUT2D eigenvalue weighted by Gasteiger charge is 2.35. The van der Waals surface area contributed by atoms with E-state index in [0.717, 1.165) is 23.3 Å². The smallest absolute Gasteiger partial charge is 0.322 e. The molecule has 2 aromatic carbocycles. The Bertz CT molecular complexity index is 1240. The van der Waals surface area contributed by atoms with E-state index in [0.29, 0.717) is 41.7 Å². The quantitative estimate of drug-likeness (QED) is 0.323. The number of rotatable bonds is 11. The van der Waals surface area contributed by atoms with E-state index in [-0.39, 0.29) is 24.5 Å². The molecule has 0 saturated heterocycles. The number of nitrogens with one attached hydrogen (secondary N) is 1. The van der Waals surface area contributed by atoms with Crippen molar-refractivity contribution in [3.63, 3.8) is 0 Å². The molecule has 0 radical (unpaired) electrons. The molecule has 1 aliphatic rings. The predicted octanol–water partition coefficient (Wildman–Crippen LogP) is 5.99. The molecule has 9 heteroatoms. The van der Waals surface area contributed by atoms with Crippen LogP contribution in [0, 0.1) is 6.92 Å². The third-order valence-electron chi connectivity index (χ3n) is 6.24. The van der Waals surface area contributed by atoms with E-state index < -0.39 is 0 Å². The molecule has 1 aromatic heterocycles. The van der Waals surface area contributed by atoms with Gasteiger partial charge in [0.1, 0.15) is 6.54 Å². The maximum atomic E-state index is 13.6. The molecule has 3 amide bonds. The third-order valence-corrected chi connectivity index (χ3v) is 7.46. The lowest BCUT2D eigenvalue weighted by Gasteiger charge is -2.28. The molecule has 0 spiro atoms. The zero-order valence-electron chi connectivity index (χ0n) is 21.3. The summed E-state index contributed by atoms with van der Waals surface area (Å²) in [5, 5.41) is 3.43. The van der Waals surface area contributed by atoms with Crippen molar-refractivity contribution < 1.29 is 19.1 Å². The van der Waals surface area contributed by atoms with Crippen LogP contribution < -0.4 is 14.8 Å². The largest absolute Gasteiger partial charge is 0.493 e. The summed E-state index contributed by atoms with van der Waals surface area (Å²) in [6, 6.07) is 16.7. The second-order valence-corrected chi connectivity index (χ2v) is 10.9. The van der Waals surface area contributed by atoms with Crippen LogP contribution in [0.3, 0.4) is 0 Å². The van der Waals surface area contributed by atoms with E-state index in [1.807, 2.05) is 23.1 Å². The number of hydrogen-bond donors (Lipinski definition) is 1. The summed E-state index contributed by atoms with van der Waals surface area (Å²) in [5.41, 5.74) is 1.64. The van der Waals surface area contributed by atoms with Gasteiger partial charge in [-0.15, -0.1) is 11.3 Å². The highest BCUT2D eigenvalue weighted by molar-refractivity contribution is 7.11. The van der Waals surface area contributed by atoms with Gasteiger partial charge in [-0.2, -0.15) is 0 Å². The minimum atomic E-state index is -0.287. The van der Waals surface area contributed by atoms with Crippen LogP contribution in [0.5, 0.6) is 11.5 Å². The number of aryl methyl sites for hydroxylation is 1. The first-order valence-corrected chi connectivity index (χ1v) is 13.4. The second-order valence-electron chi connectivity index (χ2n) is 9.07. The summed E-state index contributed by atoms with van der Waals surface area (Å²) in [6.45, 7) is 3.09. The number of nitrogens with zero attached hydrogens (tertiary/aromatic N) is 2. The fraction of sp³-hybridized carbons (Fsp3) is 0.357. The van der Waals surface area contributed by atoms with Gasteiger partial charge in [0.15, 0.2) is 11.5 Å². The minimum Gasteiger partial charge on any atom is -0.493 e. The Labute approximate surface area is 226 Å². The highest BCUT2D eigenvalue weighted by Crippen LogP contribution is 2.29. The number of carbonyl (C=O) groups is 2. The van der Waals surface area contributed by atoms with Gasteiger partial charge in [0, 0.05) is 33.1 Å². The molecule has 1 saturated carbocycles. The van der Waals surface area contributed by atoms with Crippen molar-refractivity contribution in [2.24, 2.45) is 0 Å². The van der Waals surface area contributed by atoms with Crippen LogP contribution in [0.25, 0.3) is 0 Å². The van der Waals surface area contributed by atoms with Crippen molar-refractivity contribution in [2.45, 2.75) is 38.8 Å². The van der Waals surface area contributed by atoms with Gasteiger partial charge in [-0.25, -0.2) is 4.79 Å². The molecule has 3 aromatic rings. The SMILES string of the molecule is COc1ccc(CCN(Cc2ccc(C)s2)C(=O)CN(C(=O)Nc2cccc(Cl)c2)C2CC2)cc1OC. The number of benzene rings is 2. The van der Waals surface area contributed by atoms with E-state index in [9.17, 15) is 9.59 Å². The van der Waals surface area contributed by atoms with Crippen LogP contribution >= 0.6 is 22.9 Å². The lowest BCUT2D eigenvalue weighted by molar-refractivity contribution is -0.132. The highest BCUT2D eigenvalue weighted by atomic mass is 35.5. The van der Waals surface area contributed by atoms with Gasteiger partial charge in [0.05, 0.1) is 20.8 Å². The van der Waals surface area contributed by atoms with E-state index in [2.05, 4.69) is 24.4 Å². The van der Waals surface area contributed by atoms with Gasteiger partial charge in [-0.3, -0.25) is 4.79 Å². The Hall–Kier alpha value is -3.23. The zero-order valence-corrected chi connectivity index (χ0v) is 22.9. The van der Waals surface area contributed by atoms with Gasteiger partial charge in [-0.1, -0.05) is 23.7 Å². The third kappa shape index (κ3) is 7.40. The molecule has 1 N–H and O–H groups in total. The minimum absolute atomic E-state index is 0.0212. The molecule has 4 rings (SSSR count). The van der Waals surface area contributed by atoms with Crippen LogP contribution in [0.2, 0.25) is 5.02 Å². The summed E-state index contributed by atoms with van der Waals surface area (Å²) in [6.07, 6.45) is 2.44. The summed E-state index contributed by atoms with van der Waals surface area (Å²) < 4.78 is 10.8. The van der Waals surface area contributed by atoms with E-state index in [1.165, 1.54) is 4.88 Å². The number of carbonyl (C=O) groups excluding carboxylic acids is 2. The molecule has 1 aliphatic carbocycles.